The summed E-state index contributed by atoms with van der Waals surface area (Å²) in [5.41, 5.74) is 2.30. The van der Waals surface area contributed by atoms with Crippen LogP contribution in [0.2, 0.25) is 0 Å². The molecule has 0 aliphatic carbocycles. The first kappa shape index (κ1) is 11.0. The largest absolute Gasteiger partial charge is 0.498 e. The van der Waals surface area contributed by atoms with Crippen LogP contribution < -0.4 is 4.74 Å². The third-order valence-corrected chi connectivity index (χ3v) is 2.93. The van der Waals surface area contributed by atoms with Gasteiger partial charge in [0.05, 0.1) is 16.5 Å². The second-order valence-electron chi connectivity index (χ2n) is 3.87. The van der Waals surface area contributed by atoms with Crippen LogP contribution in [-0.2, 0) is 0 Å². The Balaban J connectivity index is 2.71. The lowest BCUT2D eigenvalue weighted by molar-refractivity contribution is 0.392. The van der Waals surface area contributed by atoms with Crippen LogP contribution in [0.3, 0.4) is 0 Å². The first-order chi connectivity index (χ1) is 7.74. The van der Waals surface area contributed by atoms with E-state index in [4.69, 9.17) is 4.74 Å². The molecule has 0 bridgehead atoms. The predicted octanol–water partition coefficient (Wildman–Crippen LogP) is 2.57. The van der Waals surface area contributed by atoms with E-state index in [2.05, 4.69) is 30.8 Å². The Hall–Kier alpha value is -1.54. The molecule has 16 heavy (non-hydrogen) atoms. The van der Waals surface area contributed by atoms with Crippen LogP contribution in [0, 0.1) is 0 Å². The molecule has 0 aliphatic rings. The Morgan fingerprint density at radius 2 is 1.88 bits per heavy atom. The summed E-state index contributed by atoms with van der Waals surface area (Å²) >= 11 is 0. The van der Waals surface area contributed by atoms with Crippen molar-refractivity contribution in [3.63, 3.8) is 0 Å². The Bertz CT molecular complexity index is 531. The van der Waals surface area contributed by atoms with Gasteiger partial charge < -0.3 is 4.74 Å². The maximum absolute atomic E-state index is 5.69. The smallest absolute Gasteiger partial charge is 0.126 e. The van der Waals surface area contributed by atoms with E-state index in [0.717, 1.165) is 27.8 Å². The van der Waals surface area contributed by atoms with Gasteiger partial charge in [0, 0.05) is 5.39 Å². The van der Waals surface area contributed by atoms with E-state index >= 15 is 0 Å². The molecule has 0 radical (unpaired) electrons. The Kier molecular flexibility index (Phi) is 3.11. The molecule has 0 saturated carbocycles. The molecule has 0 amide bonds. The van der Waals surface area contributed by atoms with Crippen LogP contribution in [0.4, 0.5) is 0 Å². The summed E-state index contributed by atoms with van der Waals surface area (Å²) in [7, 11) is 1.05. The highest BCUT2D eigenvalue weighted by Gasteiger charge is 2.06. The van der Waals surface area contributed by atoms with Crippen molar-refractivity contribution in [3.8, 4) is 5.75 Å². The first-order valence-corrected chi connectivity index (χ1v) is 6.96. The summed E-state index contributed by atoms with van der Waals surface area (Å²) in [6, 6.07) is 12.5. The number of ether oxygens (including phenoxy) is 1. The van der Waals surface area contributed by atoms with Gasteiger partial charge in [0.25, 0.3) is 0 Å². The van der Waals surface area contributed by atoms with E-state index in [-0.39, 0.29) is 0 Å². The lowest BCUT2D eigenvalue weighted by atomic mass is 9.99. The van der Waals surface area contributed by atoms with Gasteiger partial charge in [-0.3, -0.25) is 0 Å². The van der Waals surface area contributed by atoms with Crippen molar-refractivity contribution in [1.82, 2.24) is 0 Å². The lowest BCUT2D eigenvalue weighted by Gasteiger charge is -2.11. The standard InChI is InChI=1S/C14H16OSi/c1-10(2)11-7-8-14(15-9-16)13-6-4-3-5-12(11)13/h3-8H,1,9H2,2,16H3. The highest BCUT2D eigenvalue weighted by atomic mass is 28.1. The highest BCUT2D eigenvalue weighted by Crippen LogP contribution is 2.31. The van der Waals surface area contributed by atoms with Crippen molar-refractivity contribution < 1.29 is 4.74 Å². The van der Waals surface area contributed by atoms with Gasteiger partial charge in [-0.05, 0) is 23.9 Å². The van der Waals surface area contributed by atoms with Crippen LogP contribution in [0.25, 0.3) is 16.3 Å². The first-order valence-electron chi connectivity index (χ1n) is 5.54. The van der Waals surface area contributed by atoms with Gasteiger partial charge >= 0.3 is 0 Å². The van der Waals surface area contributed by atoms with Crippen LogP contribution in [0.1, 0.15) is 12.5 Å². The average molecular weight is 228 g/mol. The van der Waals surface area contributed by atoms with Gasteiger partial charge in [0.1, 0.15) is 5.75 Å². The number of rotatable bonds is 3. The molecule has 0 N–H and O–H groups in total. The third kappa shape index (κ3) is 1.88. The Labute approximate surface area is 99.2 Å². The van der Waals surface area contributed by atoms with Crippen molar-refractivity contribution in [3.05, 3.63) is 48.5 Å². The SMILES string of the molecule is C=C(C)c1ccc(OC[SiH3])c2ccccc12. The normalized spacial score (nSPS) is 10.6. The van der Waals surface area contributed by atoms with E-state index in [0.29, 0.717) is 0 Å². The van der Waals surface area contributed by atoms with Gasteiger partial charge in [-0.2, -0.15) is 0 Å². The van der Waals surface area contributed by atoms with Crippen molar-refractivity contribution in [2.24, 2.45) is 0 Å². The monoisotopic (exact) mass is 228 g/mol. The topological polar surface area (TPSA) is 9.23 Å². The van der Waals surface area contributed by atoms with Gasteiger partial charge in [-0.1, -0.05) is 42.5 Å². The second kappa shape index (κ2) is 4.54. The average Bonchev–Trinajstić information content (AvgIpc) is 2.29. The molecule has 0 heterocycles. The summed E-state index contributed by atoms with van der Waals surface area (Å²) < 4.78 is 5.69. The van der Waals surface area contributed by atoms with Gasteiger partial charge in [0.2, 0.25) is 0 Å². The van der Waals surface area contributed by atoms with Crippen molar-refractivity contribution >= 4 is 26.6 Å². The molecule has 0 atom stereocenters. The van der Waals surface area contributed by atoms with E-state index < -0.39 is 0 Å². The minimum absolute atomic E-state index is 0.830. The fourth-order valence-electron chi connectivity index (χ4n) is 1.92. The molecule has 0 saturated heterocycles. The Morgan fingerprint density at radius 1 is 1.19 bits per heavy atom. The number of hydrogen-bond acceptors (Lipinski definition) is 1. The molecule has 0 spiro atoms. The van der Waals surface area contributed by atoms with Crippen LogP contribution in [0.15, 0.2) is 43.0 Å². The second-order valence-corrected chi connectivity index (χ2v) is 4.45. The van der Waals surface area contributed by atoms with Crippen molar-refractivity contribution in [1.29, 1.82) is 0 Å². The number of allylic oxidation sites excluding steroid dienone is 1. The molecule has 82 valence electrons. The van der Waals surface area contributed by atoms with E-state index in [1.807, 2.05) is 19.1 Å². The zero-order chi connectivity index (χ0) is 11.5. The summed E-state index contributed by atoms with van der Waals surface area (Å²) in [5, 5.41) is 2.40. The summed E-state index contributed by atoms with van der Waals surface area (Å²) in [6.07, 6.45) is 0.830. The molecule has 2 heteroatoms. The number of hydrogen-bond donors (Lipinski definition) is 0. The van der Waals surface area contributed by atoms with Crippen molar-refractivity contribution in [2.45, 2.75) is 6.92 Å². The molecule has 0 unspecified atom stereocenters. The number of fused-ring (bicyclic) bond motifs is 1. The molecule has 2 rings (SSSR count). The molecule has 1 nitrogen and oxygen atoms in total. The molecule has 0 fully saturated rings. The van der Waals surface area contributed by atoms with E-state index in [1.54, 1.807) is 0 Å². The maximum Gasteiger partial charge on any atom is 0.126 e. The van der Waals surface area contributed by atoms with Crippen LogP contribution >= 0.6 is 0 Å². The molecular formula is C14H16OSi. The van der Waals surface area contributed by atoms with Gasteiger partial charge in [-0.15, -0.1) is 0 Å². The van der Waals surface area contributed by atoms with Crippen LogP contribution in [0.5, 0.6) is 5.75 Å². The fourth-order valence-corrected chi connectivity index (χ4v) is 2.24. The Morgan fingerprint density at radius 3 is 2.50 bits per heavy atom. The maximum atomic E-state index is 5.69. The highest BCUT2D eigenvalue weighted by molar-refractivity contribution is 6.08. The van der Waals surface area contributed by atoms with Crippen molar-refractivity contribution in [2.75, 3.05) is 6.23 Å². The molecule has 2 aromatic carbocycles. The zero-order valence-corrected chi connectivity index (χ0v) is 11.8. The fraction of sp³-hybridized carbons (Fsp3) is 0.143. The minimum atomic E-state index is 0.830. The molecule has 0 aliphatic heterocycles. The lowest BCUT2D eigenvalue weighted by Crippen LogP contribution is -1.96. The molecule has 0 aromatic heterocycles. The van der Waals surface area contributed by atoms with E-state index in [9.17, 15) is 0 Å². The third-order valence-electron chi connectivity index (χ3n) is 2.64. The molecular weight excluding hydrogens is 212 g/mol. The summed E-state index contributed by atoms with van der Waals surface area (Å²) in [6.45, 7) is 6.05. The van der Waals surface area contributed by atoms with E-state index in [1.165, 1.54) is 16.3 Å². The molecule has 2 aromatic rings. The number of benzene rings is 2. The predicted molar refractivity (Wildman–Crippen MR) is 74.1 cm³/mol. The summed E-state index contributed by atoms with van der Waals surface area (Å²) in [5.74, 6) is 0.982. The zero-order valence-electron chi connectivity index (χ0n) is 9.79. The summed E-state index contributed by atoms with van der Waals surface area (Å²) in [4.78, 5) is 0. The minimum Gasteiger partial charge on any atom is -0.498 e. The quantitative estimate of drug-likeness (QED) is 0.734. The van der Waals surface area contributed by atoms with Crippen LogP contribution in [-0.4, -0.2) is 16.5 Å². The van der Waals surface area contributed by atoms with Gasteiger partial charge in [0.15, 0.2) is 0 Å². The van der Waals surface area contributed by atoms with Gasteiger partial charge in [-0.25, -0.2) is 0 Å².